The maximum atomic E-state index is 11.0. The van der Waals surface area contributed by atoms with E-state index in [1.165, 1.54) is 12.7 Å². The molecule has 0 spiro atoms. The van der Waals surface area contributed by atoms with Crippen molar-refractivity contribution < 1.29 is 14.3 Å². The maximum Gasteiger partial charge on any atom is 0.306 e. The molecule has 1 aromatic carbocycles. The third kappa shape index (κ3) is 5.75. The fourth-order valence-electron chi connectivity index (χ4n) is 1.72. The molecule has 0 bridgehead atoms. The summed E-state index contributed by atoms with van der Waals surface area (Å²) in [6.07, 6.45) is 0.566. The lowest BCUT2D eigenvalue weighted by molar-refractivity contribution is -0.140. The van der Waals surface area contributed by atoms with E-state index in [0.29, 0.717) is 13.0 Å². The molecule has 0 aliphatic rings. The Kier molecular flexibility index (Phi) is 6.36. The first-order valence-corrected chi connectivity index (χ1v) is 6.59. The monoisotopic (exact) mass is 265 g/mol. The van der Waals surface area contributed by atoms with Gasteiger partial charge in [0.15, 0.2) is 0 Å². The fraction of sp³-hybridized carbons (Fsp3) is 0.533. The van der Waals surface area contributed by atoms with E-state index in [-0.39, 0.29) is 18.1 Å². The van der Waals surface area contributed by atoms with Crippen molar-refractivity contribution in [2.75, 3.05) is 13.7 Å². The van der Waals surface area contributed by atoms with Crippen LogP contribution in [0.15, 0.2) is 24.3 Å². The lowest BCUT2D eigenvalue weighted by atomic mass is 10.1. The van der Waals surface area contributed by atoms with E-state index in [2.05, 4.69) is 17.0 Å². The summed E-state index contributed by atoms with van der Waals surface area (Å²) in [5, 5.41) is 3.28. The van der Waals surface area contributed by atoms with Gasteiger partial charge in [-0.05, 0) is 38.5 Å². The quantitative estimate of drug-likeness (QED) is 0.770. The smallest absolute Gasteiger partial charge is 0.306 e. The van der Waals surface area contributed by atoms with Gasteiger partial charge in [0.2, 0.25) is 0 Å². The first-order valence-electron chi connectivity index (χ1n) is 6.59. The zero-order valence-corrected chi connectivity index (χ0v) is 12.1. The highest BCUT2D eigenvalue weighted by Crippen LogP contribution is 2.18. The summed E-state index contributed by atoms with van der Waals surface area (Å²) in [4.78, 5) is 11.0. The predicted octanol–water partition coefficient (Wildman–Crippen LogP) is 2.69. The fourth-order valence-corrected chi connectivity index (χ4v) is 1.72. The highest BCUT2D eigenvalue weighted by atomic mass is 16.5. The van der Waals surface area contributed by atoms with Gasteiger partial charge in [0.1, 0.15) is 5.75 Å². The summed E-state index contributed by atoms with van der Waals surface area (Å²) < 4.78 is 10.2. The second-order valence-corrected chi connectivity index (χ2v) is 4.74. The molecule has 1 atom stereocenters. The second-order valence-electron chi connectivity index (χ2n) is 4.74. The van der Waals surface area contributed by atoms with Crippen LogP contribution >= 0.6 is 0 Å². The largest absolute Gasteiger partial charge is 0.491 e. The normalized spacial score (nSPS) is 12.3. The van der Waals surface area contributed by atoms with Crippen LogP contribution in [0.1, 0.15) is 38.8 Å². The van der Waals surface area contributed by atoms with Crippen LogP contribution in [0.5, 0.6) is 5.75 Å². The van der Waals surface area contributed by atoms with Crippen LogP contribution in [0.4, 0.5) is 0 Å². The molecule has 19 heavy (non-hydrogen) atoms. The molecule has 4 heteroatoms. The SMILES string of the molecule is COC(=O)CCNC(C)c1ccc(OC(C)C)cc1. The van der Waals surface area contributed by atoms with E-state index in [0.717, 1.165) is 5.75 Å². The molecule has 4 nitrogen and oxygen atoms in total. The van der Waals surface area contributed by atoms with Crippen molar-refractivity contribution in [1.82, 2.24) is 5.32 Å². The zero-order chi connectivity index (χ0) is 14.3. The van der Waals surface area contributed by atoms with Gasteiger partial charge < -0.3 is 14.8 Å². The van der Waals surface area contributed by atoms with E-state index in [1.54, 1.807) is 0 Å². The average Bonchev–Trinajstić information content (AvgIpc) is 2.38. The molecule has 0 fully saturated rings. The molecule has 1 N–H and O–H groups in total. The number of benzene rings is 1. The Morgan fingerprint density at radius 3 is 2.37 bits per heavy atom. The van der Waals surface area contributed by atoms with Gasteiger partial charge in [-0.3, -0.25) is 4.79 Å². The Labute approximate surface area is 115 Å². The molecule has 1 unspecified atom stereocenters. The van der Waals surface area contributed by atoms with Crippen LogP contribution in [0, 0.1) is 0 Å². The third-order valence-electron chi connectivity index (χ3n) is 2.76. The van der Waals surface area contributed by atoms with E-state index in [1.807, 2.05) is 38.1 Å². The molecule has 0 heterocycles. The Morgan fingerprint density at radius 2 is 1.84 bits per heavy atom. The van der Waals surface area contributed by atoms with Crippen LogP contribution in [0.3, 0.4) is 0 Å². The van der Waals surface area contributed by atoms with Crippen LogP contribution in [0.2, 0.25) is 0 Å². The van der Waals surface area contributed by atoms with E-state index in [9.17, 15) is 4.79 Å². The van der Waals surface area contributed by atoms with Crippen molar-refractivity contribution in [3.05, 3.63) is 29.8 Å². The molecule has 0 amide bonds. The van der Waals surface area contributed by atoms with Gasteiger partial charge in [-0.2, -0.15) is 0 Å². The van der Waals surface area contributed by atoms with Gasteiger partial charge >= 0.3 is 5.97 Å². The molecular formula is C15H23NO3. The molecule has 1 rings (SSSR count). The predicted molar refractivity (Wildman–Crippen MR) is 75.3 cm³/mol. The first kappa shape index (κ1) is 15.5. The highest BCUT2D eigenvalue weighted by molar-refractivity contribution is 5.69. The molecule has 0 aromatic heterocycles. The van der Waals surface area contributed by atoms with Crippen LogP contribution < -0.4 is 10.1 Å². The Morgan fingerprint density at radius 1 is 1.21 bits per heavy atom. The number of carbonyl (C=O) groups excluding carboxylic acids is 1. The van der Waals surface area contributed by atoms with Crippen molar-refractivity contribution in [2.45, 2.75) is 39.3 Å². The standard InChI is InChI=1S/C15H23NO3/c1-11(2)19-14-7-5-13(6-8-14)12(3)16-10-9-15(17)18-4/h5-8,11-12,16H,9-10H2,1-4H3. The third-order valence-corrected chi connectivity index (χ3v) is 2.76. The van der Waals surface area contributed by atoms with Crippen molar-refractivity contribution >= 4 is 5.97 Å². The average molecular weight is 265 g/mol. The number of methoxy groups -OCH3 is 1. The number of rotatable bonds is 7. The number of hydrogen-bond acceptors (Lipinski definition) is 4. The molecule has 0 aliphatic heterocycles. The molecule has 0 aliphatic carbocycles. The number of esters is 1. The van der Waals surface area contributed by atoms with Gasteiger partial charge in [-0.25, -0.2) is 0 Å². The zero-order valence-electron chi connectivity index (χ0n) is 12.1. The number of nitrogens with one attached hydrogen (secondary N) is 1. The van der Waals surface area contributed by atoms with Gasteiger partial charge in [-0.15, -0.1) is 0 Å². The molecule has 0 saturated heterocycles. The van der Waals surface area contributed by atoms with Crippen molar-refractivity contribution in [3.8, 4) is 5.75 Å². The number of hydrogen-bond donors (Lipinski definition) is 1. The van der Waals surface area contributed by atoms with Crippen molar-refractivity contribution in [3.63, 3.8) is 0 Å². The Bertz CT molecular complexity index is 387. The summed E-state index contributed by atoms with van der Waals surface area (Å²) in [5.41, 5.74) is 1.17. The minimum absolute atomic E-state index is 0.182. The lowest BCUT2D eigenvalue weighted by Crippen LogP contribution is -2.22. The number of carbonyl (C=O) groups is 1. The summed E-state index contributed by atoms with van der Waals surface area (Å²) in [5.74, 6) is 0.681. The van der Waals surface area contributed by atoms with E-state index >= 15 is 0 Å². The van der Waals surface area contributed by atoms with Crippen molar-refractivity contribution in [1.29, 1.82) is 0 Å². The van der Waals surface area contributed by atoms with Crippen molar-refractivity contribution in [2.24, 2.45) is 0 Å². The van der Waals surface area contributed by atoms with Crippen LogP contribution in [-0.2, 0) is 9.53 Å². The summed E-state index contributed by atoms with van der Waals surface area (Å²) in [7, 11) is 1.40. The summed E-state index contributed by atoms with van der Waals surface area (Å²) in [6.45, 7) is 6.68. The van der Waals surface area contributed by atoms with E-state index < -0.39 is 0 Å². The maximum absolute atomic E-state index is 11.0. The molecule has 1 aromatic rings. The molecular weight excluding hydrogens is 242 g/mol. The second kappa shape index (κ2) is 7.79. The Hall–Kier alpha value is -1.55. The van der Waals surface area contributed by atoms with Gasteiger partial charge in [0.25, 0.3) is 0 Å². The van der Waals surface area contributed by atoms with Gasteiger partial charge in [0.05, 0.1) is 19.6 Å². The van der Waals surface area contributed by atoms with Crippen LogP contribution in [0.25, 0.3) is 0 Å². The molecule has 0 saturated carbocycles. The number of ether oxygens (including phenoxy) is 2. The summed E-state index contributed by atoms with van der Waals surface area (Å²) in [6, 6.07) is 8.20. The van der Waals surface area contributed by atoms with Gasteiger partial charge in [0, 0.05) is 12.6 Å². The first-order chi connectivity index (χ1) is 9.02. The van der Waals surface area contributed by atoms with Gasteiger partial charge in [-0.1, -0.05) is 12.1 Å². The topological polar surface area (TPSA) is 47.6 Å². The van der Waals surface area contributed by atoms with Crippen LogP contribution in [-0.4, -0.2) is 25.7 Å². The minimum Gasteiger partial charge on any atom is -0.491 e. The van der Waals surface area contributed by atoms with E-state index in [4.69, 9.17) is 4.74 Å². The molecule has 106 valence electrons. The molecule has 0 radical (unpaired) electrons. The lowest BCUT2D eigenvalue weighted by Gasteiger charge is -2.15. The summed E-state index contributed by atoms with van der Waals surface area (Å²) >= 11 is 0. The minimum atomic E-state index is -0.194. The Balaban J connectivity index is 2.44. The highest BCUT2D eigenvalue weighted by Gasteiger charge is 2.07.